The molecule has 0 radical (unpaired) electrons. The van der Waals surface area contributed by atoms with E-state index in [4.69, 9.17) is 0 Å². The maximum Gasteiger partial charge on any atom is 0.190 e. The molecule has 0 saturated heterocycles. The lowest BCUT2D eigenvalue weighted by molar-refractivity contribution is 0.169. The lowest BCUT2D eigenvalue weighted by Crippen LogP contribution is -2.47. The van der Waals surface area contributed by atoms with Gasteiger partial charge in [0, 0.05) is 24.4 Å². The SMILES string of the molecule is Cc1nnc(SCCC(C)(CO)NC2CC2)n1C. The molecule has 2 N–H and O–H groups in total. The summed E-state index contributed by atoms with van der Waals surface area (Å²) in [6.07, 6.45) is 3.41. The second-order valence-corrected chi connectivity index (χ2v) is 6.39. The second-order valence-electron chi connectivity index (χ2n) is 5.32. The summed E-state index contributed by atoms with van der Waals surface area (Å²) in [5.41, 5.74) is -0.165. The summed E-state index contributed by atoms with van der Waals surface area (Å²) in [5, 5.41) is 22.1. The van der Waals surface area contributed by atoms with Crippen molar-refractivity contribution in [1.29, 1.82) is 0 Å². The molecule has 1 fully saturated rings. The molecule has 1 aliphatic rings. The third-order valence-corrected chi connectivity index (χ3v) is 4.44. The minimum atomic E-state index is -0.165. The van der Waals surface area contributed by atoms with Crippen molar-refractivity contribution >= 4 is 11.8 Å². The molecule has 0 aromatic carbocycles. The van der Waals surface area contributed by atoms with Crippen molar-refractivity contribution in [3.63, 3.8) is 0 Å². The Labute approximate surface area is 112 Å². The minimum Gasteiger partial charge on any atom is -0.394 e. The van der Waals surface area contributed by atoms with Gasteiger partial charge in [0.15, 0.2) is 5.16 Å². The number of aromatic nitrogens is 3. The van der Waals surface area contributed by atoms with E-state index in [9.17, 15) is 5.11 Å². The Hall–Kier alpha value is -0.590. The first-order valence-electron chi connectivity index (χ1n) is 6.41. The molecule has 102 valence electrons. The number of aryl methyl sites for hydroxylation is 1. The number of nitrogens with zero attached hydrogens (tertiary/aromatic N) is 3. The van der Waals surface area contributed by atoms with E-state index in [-0.39, 0.29) is 12.1 Å². The van der Waals surface area contributed by atoms with Gasteiger partial charge in [-0.2, -0.15) is 0 Å². The predicted molar refractivity (Wildman–Crippen MR) is 72.7 cm³/mol. The molecule has 1 atom stereocenters. The van der Waals surface area contributed by atoms with Crippen molar-refractivity contribution in [3.05, 3.63) is 5.82 Å². The monoisotopic (exact) mass is 270 g/mol. The van der Waals surface area contributed by atoms with Gasteiger partial charge in [-0.1, -0.05) is 11.8 Å². The van der Waals surface area contributed by atoms with Gasteiger partial charge in [0.25, 0.3) is 0 Å². The number of aliphatic hydroxyl groups excluding tert-OH is 1. The lowest BCUT2D eigenvalue weighted by Gasteiger charge is -2.28. The van der Waals surface area contributed by atoms with Crippen molar-refractivity contribution in [2.45, 2.75) is 49.8 Å². The van der Waals surface area contributed by atoms with Crippen LogP contribution in [0.15, 0.2) is 5.16 Å². The number of hydrogen-bond acceptors (Lipinski definition) is 5. The van der Waals surface area contributed by atoms with Crippen LogP contribution in [-0.4, -0.2) is 43.8 Å². The fourth-order valence-corrected chi connectivity index (χ4v) is 2.96. The van der Waals surface area contributed by atoms with Gasteiger partial charge >= 0.3 is 0 Å². The van der Waals surface area contributed by atoms with Crippen LogP contribution in [0.1, 0.15) is 32.0 Å². The highest BCUT2D eigenvalue weighted by Crippen LogP contribution is 2.26. The molecule has 0 bridgehead atoms. The zero-order valence-electron chi connectivity index (χ0n) is 11.3. The first-order valence-corrected chi connectivity index (χ1v) is 7.40. The molecule has 1 aromatic heterocycles. The molecular weight excluding hydrogens is 248 g/mol. The molecule has 1 saturated carbocycles. The van der Waals surface area contributed by atoms with Gasteiger partial charge in [0.1, 0.15) is 5.82 Å². The molecule has 18 heavy (non-hydrogen) atoms. The van der Waals surface area contributed by atoms with Crippen LogP contribution in [0.4, 0.5) is 0 Å². The van der Waals surface area contributed by atoms with Crippen molar-refractivity contribution in [3.8, 4) is 0 Å². The second kappa shape index (κ2) is 5.59. The third-order valence-electron chi connectivity index (χ3n) is 3.42. The van der Waals surface area contributed by atoms with Crippen LogP contribution >= 0.6 is 11.8 Å². The molecule has 1 unspecified atom stereocenters. The highest BCUT2D eigenvalue weighted by atomic mass is 32.2. The predicted octanol–water partition coefficient (Wildman–Crippen LogP) is 1.11. The molecule has 1 aromatic rings. The molecule has 1 heterocycles. The van der Waals surface area contributed by atoms with Gasteiger partial charge in [-0.05, 0) is 33.1 Å². The van der Waals surface area contributed by atoms with Gasteiger partial charge in [-0.25, -0.2) is 0 Å². The Morgan fingerprint density at radius 1 is 1.50 bits per heavy atom. The van der Waals surface area contributed by atoms with E-state index >= 15 is 0 Å². The highest BCUT2D eigenvalue weighted by Gasteiger charge is 2.31. The Bertz CT molecular complexity index is 405. The topological polar surface area (TPSA) is 63.0 Å². The van der Waals surface area contributed by atoms with Gasteiger partial charge in [0.05, 0.1) is 6.61 Å². The van der Waals surface area contributed by atoms with E-state index < -0.39 is 0 Å². The van der Waals surface area contributed by atoms with Crippen molar-refractivity contribution in [2.75, 3.05) is 12.4 Å². The number of rotatable bonds is 7. The van der Waals surface area contributed by atoms with Crippen LogP contribution in [0.5, 0.6) is 0 Å². The third kappa shape index (κ3) is 3.46. The van der Waals surface area contributed by atoms with Crippen LogP contribution in [0, 0.1) is 6.92 Å². The van der Waals surface area contributed by atoms with Gasteiger partial charge in [-0.3, -0.25) is 0 Å². The van der Waals surface area contributed by atoms with Crippen LogP contribution < -0.4 is 5.32 Å². The Kier molecular flexibility index (Phi) is 4.29. The Morgan fingerprint density at radius 2 is 2.22 bits per heavy atom. The van der Waals surface area contributed by atoms with Crippen LogP contribution in [-0.2, 0) is 7.05 Å². The summed E-state index contributed by atoms with van der Waals surface area (Å²) < 4.78 is 2.00. The van der Waals surface area contributed by atoms with E-state index in [2.05, 4.69) is 22.4 Å². The summed E-state index contributed by atoms with van der Waals surface area (Å²) in [6.45, 7) is 4.22. The standard InChI is InChI=1S/C12H22N4OS/c1-9-14-15-11(16(9)3)18-7-6-12(2,8-17)13-10-4-5-10/h10,13,17H,4-8H2,1-3H3. The normalized spacial score (nSPS) is 18.9. The van der Waals surface area contributed by atoms with Crippen molar-refractivity contribution in [1.82, 2.24) is 20.1 Å². The van der Waals surface area contributed by atoms with Gasteiger partial charge < -0.3 is 15.0 Å². The van der Waals surface area contributed by atoms with Crippen LogP contribution in [0.2, 0.25) is 0 Å². The van der Waals surface area contributed by atoms with E-state index in [0.717, 1.165) is 23.2 Å². The van der Waals surface area contributed by atoms with Gasteiger partial charge in [-0.15, -0.1) is 10.2 Å². The van der Waals surface area contributed by atoms with Gasteiger partial charge in [0.2, 0.25) is 0 Å². The summed E-state index contributed by atoms with van der Waals surface area (Å²) in [6, 6.07) is 0.615. The fourth-order valence-electron chi connectivity index (χ4n) is 1.80. The molecule has 2 rings (SSSR count). The van der Waals surface area contributed by atoms with E-state index in [1.165, 1.54) is 12.8 Å². The molecule has 1 aliphatic carbocycles. The van der Waals surface area contributed by atoms with E-state index in [0.29, 0.717) is 6.04 Å². The number of hydrogen-bond donors (Lipinski definition) is 2. The first kappa shape index (κ1) is 13.8. The molecule has 0 aliphatic heterocycles. The zero-order valence-corrected chi connectivity index (χ0v) is 12.1. The lowest BCUT2D eigenvalue weighted by atomic mass is 10.0. The fraction of sp³-hybridized carbons (Fsp3) is 0.833. The maximum absolute atomic E-state index is 9.51. The van der Waals surface area contributed by atoms with E-state index in [1.54, 1.807) is 11.8 Å². The largest absolute Gasteiger partial charge is 0.394 e. The Morgan fingerprint density at radius 3 is 2.72 bits per heavy atom. The highest BCUT2D eigenvalue weighted by molar-refractivity contribution is 7.99. The minimum absolute atomic E-state index is 0.165. The van der Waals surface area contributed by atoms with Crippen molar-refractivity contribution in [2.24, 2.45) is 7.05 Å². The van der Waals surface area contributed by atoms with Crippen LogP contribution in [0.25, 0.3) is 0 Å². The smallest absolute Gasteiger partial charge is 0.190 e. The Balaban J connectivity index is 1.81. The summed E-state index contributed by atoms with van der Waals surface area (Å²) in [7, 11) is 1.98. The maximum atomic E-state index is 9.51. The quantitative estimate of drug-likeness (QED) is 0.727. The summed E-state index contributed by atoms with van der Waals surface area (Å²) in [5.74, 6) is 1.86. The van der Waals surface area contributed by atoms with Crippen LogP contribution in [0.3, 0.4) is 0 Å². The number of aliphatic hydroxyl groups is 1. The number of thioether (sulfide) groups is 1. The molecule has 5 nitrogen and oxygen atoms in total. The van der Waals surface area contributed by atoms with Crippen molar-refractivity contribution < 1.29 is 5.11 Å². The molecule has 0 amide bonds. The average Bonchev–Trinajstić information content (AvgIpc) is 3.10. The molecular formula is C12H22N4OS. The number of nitrogens with one attached hydrogen (secondary N) is 1. The van der Waals surface area contributed by atoms with E-state index in [1.807, 2.05) is 18.5 Å². The molecule has 6 heteroatoms. The first-order chi connectivity index (χ1) is 8.54. The molecule has 0 spiro atoms. The average molecular weight is 270 g/mol. The zero-order chi connectivity index (χ0) is 13.2. The summed E-state index contributed by atoms with van der Waals surface area (Å²) in [4.78, 5) is 0. The summed E-state index contributed by atoms with van der Waals surface area (Å²) >= 11 is 1.70.